The van der Waals surface area contributed by atoms with Crippen LogP contribution in [0.3, 0.4) is 0 Å². The molecule has 0 saturated carbocycles. The van der Waals surface area contributed by atoms with Crippen molar-refractivity contribution in [3.63, 3.8) is 0 Å². The Labute approximate surface area is 191 Å². The lowest BCUT2D eigenvalue weighted by molar-refractivity contribution is -0.126. The van der Waals surface area contributed by atoms with Gasteiger partial charge in [0.2, 0.25) is 13.2 Å². The van der Waals surface area contributed by atoms with Crippen LogP contribution in [0.2, 0.25) is 5.82 Å². The Morgan fingerprint density at radius 2 is 2.00 bits per heavy atom. The van der Waals surface area contributed by atoms with Gasteiger partial charge in [0.15, 0.2) is 0 Å². The van der Waals surface area contributed by atoms with Gasteiger partial charge in [0.05, 0.1) is 19.8 Å². The van der Waals surface area contributed by atoms with E-state index in [1.54, 1.807) is 24.3 Å². The average molecular weight is 446 g/mol. The summed E-state index contributed by atoms with van der Waals surface area (Å²) in [5.74, 6) is 6.53. The smallest absolute Gasteiger partial charge is 0.251 e. The Hall–Kier alpha value is -2.58. The Morgan fingerprint density at radius 3 is 2.75 bits per heavy atom. The minimum atomic E-state index is -0.670. The maximum Gasteiger partial charge on any atom is 0.251 e. The van der Waals surface area contributed by atoms with Crippen LogP contribution in [0.5, 0.6) is 5.75 Å². The van der Waals surface area contributed by atoms with Crippen molar-refractivity contribution in [1.29, 1.82) is 0 Å². The molecule has 0 aliphatic heterocycles. The summed E-state index contributed by atoms with van der Waals surface area (Å²) in [5, 5.41) is 8.43. The largest absolute Gasteiger partial charge is 0.489 e. The van der Waals surface area contributed by atoms with Crippen molar-refractivity contribution < 1.29 is 23.8 Å². The standard InChI is InChI=1S/C22H35BN4O5/c1-17(2)23-8-5-9-26-21(28)16-30-12-13-31-20(24)15-32-19-7-4-6-18(14-19)22(29)27-11-10-25-3/h4,6-7,14,17,20,23,25H,9-13,15-16,24H2,1-3H3,(H,26,28)(H,27,29). The number of amides is 2. The van der Waals surface area contributed by atoms with E-state index in [9.17, 15) is 9.59 Å². The first-order valence-corrected chi connectivity index (χ1v) is 10.7. The van der Waals surface area contributed by atoms with Gasteiger partial charge in [-0.05, 0) is 25.2 Å². The summed E-state index contributed by atoms with van der Waals surface area (Å²) >= 11 is 0. The molecular weight excluding hydrogens is 411 g/mol. The van der Waals surface area contributed by atoms with Gasteiger partial charge in [-0.3, -0.25) is 9.59 Å². The fourth-order valence-corrected chi connectivity index (χ4v) is 2.31. The molecule has 1 rings (SSSR count). The number of carbonyl (C=O) groups excluding carboxylic acids is 2. The van der Waals surface area contributed by atoms with Crippen LogP contribution >= 0.6 is 0 Å². The highest BCUT2D eigenvalue weighted by Crippen LogP contribution is 2.13. The van der Waals surface area contributed by atoms with E-state index < -0.39 is 6.23 Å². The van der Waals surface area contributed by atoms with E-state index in [-0.39, 0.29) is 38.2 Å². The highest BCUT2D eigenvalue weighted by molar-refractivity contribution is 6.47. The van der Waals surface area contributed by atoms with Crippen LogP contribution < -0.4 is 26.4 Å². The van der Waals surface area contributed by atoms with Crippen LogP contribution in [0.15, 0.2) is 24.3 Å². The van der Waals surface area contributed by atoms with Crippen molar-refractivity contribution in [2.75, 3.05) is 53.1 Å². The van der Waals surface area contributed by atoms with Crippen molar-refractivity contribution in [3.8, 4) is 17.5 Å². The molecule has 176 valence electrons. The highest BCUT2D eigenvalue weighted by Gasteiger charge is 2.08. The maximum absolute atomic E-state index is 12.1. The zero-order valence-electron chi connectivity index (χ0n) is 19.2. The van der Waals surface area contributed by atoms with Crippen molar-refractivity contribution in [1.82, 2.24) is 16.0 Å². The predicted molar refractivity (Wildman–Crippen MR) is 126 cm³/mol. The van der Waals surface area contributed by atoms with Crippen LogP contribution in [-0.2, 0) is 14.3 Å². The van der Waals surface area contributed by atoms with E-state index in [0.29, 0.717) is 36.8 Å². The molecule has 0 aliphatic rings. The first-order valence-electron chi connectivity index (χ1n) is 10.7. The van der Waals surface area contributed by atoms with Gasteiger partial charge in [-0.15, -0.1) is 0 Å². The SMILES string of the molecule is CNCCNC(=O)c1cccc(OCC(N)OCCOCC(=O)NCC#CBC(C)C)c1. The van der Waals surface area contributed by atoms with Gasteiger partial charge in [0.1, 0.15) is 25.2 Å². The van der Waals surface area contributed by atoms with Gasteiger partial charge in [0, 0.05) is 18.7 Å². The Balaban J connectivity index is 2.16. The number of benzene rings is 1. The van der Waals surface area contributed by atoms with E-state index in [2.05, 4.69) is 41.5 Å². The fraction of sp³-hybridized carbons (Fsp3) is 0.545. The topological polar surface area (TPSA) is 124 Å². The molecule has 0 heterocycles. The summed E-state index contributed by atoms with van der Waals surface area (Å²) in [6, 6.07) is 6.84. The van der Waals surface area contributed by atoms with E-state index in [0.717, 1.165) is 7.28 Å². The van der Waals surface area contributed by atoms with Crippen LogP contribution in [0.25, 0.3) is 0 Å². The van der Waals surface area contributed by atoms with E-state index >= 15 is 0 Å². The molecule has 5 N–H and O–H groups in total. The molecule has 10 heteroatoms. The second-order valence-electron chi connectivity index (χ2n) is 7.39. The van der Waals surface area contributed by atoms with Crippen molar-refractivity contribution in [3.05, 3.63) is 29.8 Å². The zero-order chi connectivity index (χ0) is 23.6. The molecule has 0 radical (unpaired) electrons. The number of hydrogen-bond donors (Lipinski definition) is 4. The summed E-state index contributed by atoms with van der Waals surface area (Å²) in [7, 11) is 2.63. The Kier molecular flexibility index (Phi) is 14.6. The van der Waals surface area contributed by atoms with Crippen LogP contribution in [0.1, 0.15) is 24.2 Å². The predicted octanol–water partition coefficient (Wildman–Crippen LogP) is -0.325. The number of ether oxygens (including phenoxy) is 3. The van der Waals surface area contributed by atoms with Gasteiger partial charge >= 0.3 is 0 Å². The van der Waals surface area contributed by atoms with Crippen molar-refractivity contribution >= 4 is 19.1 Å². The molecule has 1 aromatic rings. The summed E-state index contributed by atoms with van der Waals surface area (Å²) in [6.45, 7) is 6.21. The second kappa shape index (κ2) is 17.0. The number of carbonyl (C=O) groups is 2. The Morgan fingerprint density at radius 1 is 1.19 bits per heavy atom. The first kappa shape index (κ1) is 27.5. The maximum atomic E-state index is 12.1. The summed E-state index contributed by atoms with van der Waals surface area (Å²) in [6.07, 6.45) is -0.670. The summed E-state index contributed by atoms with van der Waals surface area (Å²) in [4.78, 5) is 23.7. The minimum absolute atomic E-state index is 0.0653. The van der Waals surface area contributed by atoms with Gasteiger partial charge in [-0.1, -0.05) is 31.7 Å². The quantitative estimate of drug-likeness (QED) is 0.126. The number of nitrogens with two attached hydrogens (primary N) is 1. The van der Waals surface area contributed by atoms with Gasteiger partial charge in [-0.25, -0.2) is 0 Å². The van der Waals surface area contributed by atoms with Crippen molar-refractivity contribution in [2.24, 2.45) is 5.73 Å². The molecule has 1 atom stereocenters. The lowest BCUT2D eigenvalue weighted by Crippen LogP contribution is -2.33. The van der Waals surface area contributed by atoms with E-state index in [1.807, 2.05) is 7.05 Å². The molecule has 9 nitrogen and oxygen atoms in total. The minimum Gasteiger partial charge on any atom is -0.489 e. The van der Waals surface area contributed by atoms with Crippen LogP contribution in [0, 0.1) is 11.7 Å². The average Bonchev–Trinajstić information content (AvgIpc) is 2.77. The molecule has 1 unspecified atom stereocenters. The molecule has 0 fully saturated rings. The van der Waals surface area contributed by atoms with Crippen LogP contribution in [0.4, 0.5) is 0 Å². The number of rotatable bonds is 15. The highest BCUT2D eigenvalue weighted by atomic mass is 16.6. The Bertz CT molecular complexity index is 751. The van der Waals surface area contributed by atoms with Gasteiger partial charge < -0.3 is 35.9 Å². The van der Waals surface area contributed by atoms with E-state index in [4.69, 9.17) is 19.9 Å². The second-order valence-corrected chi connectivity index (χ2v) is 7.39. The third kappa shape index (κ3) is 13.7. The van der Waals surface area contributed by atoms with E-state index in [1.165, 1.54) is 0 Å². The molecular formula is C22H35BN4O5. The lowest BCUT2D eigenvalue weighted by atomic mass is 9.67. The molecule has 2 amide bonds. The molecule has 0 aliphatic carbocycles. The number of nitrogens with one attached hydrogen (secondary N) is 3. The van der Waals surface area contributed by atoms with Crippen molar-refractivity contribution in [2.45, 2.75) is 25.9 Å². The first-order chi connectivity index (χ1) is 15.4. The third-order valence-electron chi connectivity index (χ3n) is 3.97. The van der Waals surface area contributed by atoms with Gasteiger partial charge in [-0.2, -0.15) is 5.82 Å². The normalized spacial score (nSPS) is 11.3. The molecule has 0 saturated heterocycles. The summed E-state index contributed by atoms with van der Waals surface area (Å²) < 4.78 is 16.3. The molecule has 0 bridgehead atoms. The lowest BCUT2D eigenvalue weighted by Gasteiger charge is -2.15. The molecule has 0 spiro atoms. The van der Waals surface area contributed by atoms with Crippen LogP contribution in [-0.4, -0.2) is 78.4 Å². The third-order valence-corrected chi connectivity index (χ3v) is 3.97. The monoisotopic (exact) mass is 446 g/mol. The molecule has 1 aromatic carbocycles. The summed E-state index contributed by atoms with van der Waals surface area (Å²) in [5.41, 5.74) is 6.38. The molecule has 0 aromatic heterocycles. The molecule has 32 heavy (non-hydrogen) atoms. The number of hydrogen-bond acceptors (Lipinski definition) is 7. The number of likely N-dealkylation sites (N-methyl/N-ethyl adjacent to an activating group) is 1. The van der Waals surface area contributed by atoms with Gasteiger partial charge in [0.25, 0.3) is 5.91 Å². The zero-order valence-corrected chi connectivity index (χ0v) is 19.2. The fourth-order valence-electron chi connectivity index (χ4n) is 2.31.